The van der Waals surface area contributed by atoms with E-state index in [9.17, 15) is 4.79 Å². The third-order valence-corrected chi connectivity index (χ3v) is 2.05. The van der Waals surface area contributed by atoms with Gasteiger partial charge in [0.25, 0.3) is 0 Å². The number of hydrogen-bond donors (Lipinski definition) is 1. The monoisotopic (exact) mass is 185 g/mol. The van der Waals surface area contributed by atoms with E-state index in [1.54, 1.807) is 0 Å². The topological polar surface area (TPSA) is 29.1 Å². The molecule has 0 atom stereocenters. The highest BCUT2D eigenvalue weighted by molar-refractivity contribution is 5.91. The maximum atomic E-state index is 10.8. The van der Waals surface area contributed by atoms with Crippen LogP contribution in [0.4, 0.5) is 5.69 Å². The molecule has 1 amide bonds. The Morgan fingerprint density at radius 3 is 2.14 bits per heavy atom. The first-order valence-corrected chi connectivity index (χ1v) is 4.52. The van der Waals surface area contributed by atoms with E-state index in [0.717, 1.165) is 16.8 Å². The van der Waals surface area contributed by atoms with Crippen LogP contribution in [0.3, 0.4) is 0 Å². The number of nitrogens with one attached hydrogen (secondary N) is 1. The molecule has 0 unspecified atom stereocenters. The number of anilines is 1. The molecule has 1 N–H and O–H groups in total. The van der Waals surface area contributed by atoms with Crippen LogP contribution in [0.1, 0.15) is 6.92 Å². The summed E-state index contributed by atoms with van der Waals surface area (Å²) in [7, 11) is 0. The number of rotatable bonds is 1. The quantitative estimate of drug-likeness (QED) is 0.727. The molecule has 0 aliphatic heterocycles. The zero-order chi connectivity index (χ0) is 9.97. The Kier molecular flexibility index (Phi) is 2.19. The van der Waals surface area contributed by atoms with Gasteiger partial charge in [0.15, 0.2) is 0 Å². The van der Waals surface area contributed by atoms with Crippen molar-refractivity contribution in [1.29, 1.82) is 0 Å². The van der Waals surface area contributed by atoms with Crippen molar-refractivity contribution in [2.24, 2.45) is 0 Å². The van der Waals surface area contributed by atoms with Gasteiger partial charge in [-0.1, -0.05) is 30.3 Å². The molecule has 0 heterocycles. The van der Waals surface area contributed by atoms with Crippen molar-refractivity contribution in [3.8, 4) is 11.1 Å². The molecule has 14 heavy (non-hydrogen) atoms. The maximum Gasteiger partial charge on any atom is 0.221 e. The Morgan fingerprint density at radius 1 is 1.07 bits per heavy atom. The third kappa shape index (κ3) is 1.74. The number of carbonyl (C=O) groups excluding carboxylic acids is 1. The predicted molar refractivity (Wildman–Crippen MR) is 57.4 cm³/mol. The lowest BCUT2D eigenvalue weighted by atomic mass is 10.2. The smallest absolute Gasteiger partial charge is 0.221 e. The van der Waals surface area contributed by atoms with E-state index in [-0.39, 0.29) is 5.91 Å². The van der Waals surface area contributed by atoms with Crippen molar-refractivity contribution in [3.05, 3.63) is 42.5 Å². The Hall–Kier alpha value is -1.83. The van der Waals surface area contributed by atoms with Gasteiger partial charge in [-0.3, -0.25) is 4.79 Å². The lowest BCUT2D eigenvalue weighted by molar-refractivity contribution is -0.114. The summed E-state index contributed by atoms with van der Waals surface area (Å²) in [4.78, 5) is 10.8. The summed E-state index contributed by atoms with van der Waals surface area (Å²) < 4.78 is 0. The summed E-state index contributed by atoms with van der Waals surface area (Å²) in [6.07, 6.45) is 0. The van der Waals surface area contributed by atoms with Crippen LogP contribution in [0.2, 0.25) is 0 Å². The van der Waals surface area contributed by atoms with Crippen LogP contribution in [0, 0.1) is 0 Å². The second kappa shape index (κ2) is 3.50. The van der Waals surface area contributed by atoms with Crippen molar-refractivity contribution in [1.82, 2.24) is 0 Å². The van der Waals surface area contributed by atoms with Crippen molar-refractivity contribution in [2.45, 2.75) is 6.92 Å². The first-order chi connectivity index (χ1) is 6.75. The summed E-state index contributed by atoms with van der Waals surface area (Å²) in [6.45, 7) is 1.51. The molecule has 2 rings (SSSR count). The normalized spacial score (nSPS) is 10.1. The van der Waals surface area contributed by atoms with E-state index in [0.29, 0.717) is 0 Å². The fraction of sp³-hybridized carbons (Fsp3) is 0.0833. The SMILES string of the molecule is CC(=O)Nc1cc2cccccc-2c1. The summed E-state index contributed by atoms with van der Waals surface area (Å²) in [5.41, 5.74) is 3.14. The molecule has 2 nitrogen and oxygen atoms in total. The second-order valence-corrected chi connectivity index (χ2v) is 3.25. The van der Waals surface area contributed by atoms with Crippen LogP contribution in [0.25, 0.3) is 11.1 Å². The first-order valence-electron chi connectivity index (χ1n) is 4.52. The van der Waals surface area contributed by atoms with Crippen LogP contribution in [0.5, 0.6) is 0 Å². The molecule has 0 spiro atoms. The van der Waals surface area contributed by atoms with Crippen molar-refractivity contribution < 1.29 is 4.79 Å². The van der Waals surface area contributed by atoms with E-state index in [1.807, 2.05) is 42.5 Å². The molecular formula is C12H11NO. The fourth-order valence-corrected chi connectivity index (χ4v) is 1.49. The standard InChI is InChI=1S/C12H11NO/c1-9(14)13-12-7-10-5-3-2-4-6-11(10)8-12/h2-8H,1H3,(H,13,14). The Balaban J connectivity index is 2.43. The largest absolute Gasteiger partial charge is 0.326 e. The van der Waals surface area contributed by atoms with Gasteiger partial charge in [-0.05, 0) is 23.3 Å². The van der Waals surface area contributed by atoms with Gasteiger partial charge < -0.3 is 5.32 Å². The minimum absolute atomic E-state index is 0.0373. The average molecular weight is 185 g/mol. The highest BCUT2D eigenvalue weighted by Gasteiger charge is 2.04. The number of hydrogen-bond acceptors (Lipinski definition) is 1. The molecule has 0 fully saturated rings. The molecule has 2 aliphatic rings. The van der Waals surface area contributed by atoms with E-state index >= 15 is 0 Å². The van der Waals surface area contributed by atoms with Crippen LogP contribution in [-0.4, -0.2) is 5.91 Å². The van der Waals surface area contributed by atoms with Gasteiger partial charge in [0.05, 0.1) is 0 Å². The van der Waals surface area contributed by atoms with E-state index < -0.39 is 0 Å². The van der Waals surface area contributed by atoms with Crippen molar-refractivity contribution in [2.75, 3.05) is 5.32 Å². The van der Waals surface area contributed by atoms with Gasteiger partial charge in [-0.25, -0.2) is 0 Å². The molecule has 0 aromatic rings. The fourth-order valence-electron chi connectivity index (χ4n) is 1.49. The molecule has 0 saturated heterocycles. The Bertz CT molecular complexity index is 406. The molecule has 0 aromatic carbocycles. The molecule has 70 valence electrons. The summed E-state index contributed by atoms with van der Waals surface area (Å²) >= 11 is 0. The van der Waals surface area contributed by atoms with Crippen LogP contribution < -0.4 is 5.32 Å². The lowest BCUT2D eigenvalue weighted by Gasteiger charge is -1.93. The molecule has 0 aromatic heterocycles. The van der Waals surface area contributed by atoms with Gasteiger partial charge in [-0.2, -0.15) is 0 Å². The third-order valence-electron chi connectivity index (χ3n) is 2.05. The zero-order valence-electron chi connectivity index (χ0n) is 7.95. The van der Waals surface area contributed by atoms with E-state index in [1.165, 1.54) is 6.92 Å². The molecule has 0 bridgehead atoms. The molecule has 2 aliphatic carbocycles. The van der Waals surface area contributed by atoms with Crippen LogP contribution in [-0.2, 0) is 4.79 Å². The molecule has 0 radical (unpaired) electrons. The lowest BCUT2D eigenvalue weighted by Crippen LogP contribution is -2.03. The predicted octanol–water partition coefficient (Wildman–Crippen LogP) is 2.75. The average Bonchev–Trinajstić information content (AvgIpc) is 2.34. The molecular weight excluding hydrogens is 174 g/mol. The Morgan fingerprint density at radius 2 is 1.64 bits per heavy atom. The van der Waals surface area contributed by atoms with Crippen molar-refractivity contribution >= 4 is 11.6 Å². The van der Waals surface area contributed by atoms with Crippen LogP contribution in [0.15, 0.2) is 42.5 Å². The summed E-state index contributed by atoms with van der Waals surface area (Å²) in [6, 6.07) is 14.0. The van der Waals surface area contributed by atoms with E-state index in [4.69, 9.17) is 0 Å². The van der Waals surface area contributed by atoms with E-state index in [2.05, 4.69) is 5.32 Å². The number of carbonyl (C=O) groups is 1. The van der Waals surface area contributed by atoms with Gasteiger partial charge in [0.1, 0.15) is 0 Å². The summed E-state index contributed by atoms with van der Waals surface area (Å²) in [5.74, 6) is -0.0373. The highest BCUT2D eigenvalue weighted by Crippen LogP contribution is 2.27. The van der Waals surface area contributed by atoms with Gasteiger partial charge in [0, 0.05) is 12.6 Å². The highest BCUT2D eigenvalue weighted by atomic mass is 16.1. The number of amides is 1. The maximum absolute atomic E-state index is 10.8. The first kappa shape index (κ1) is 8.75. The molecule has 2 heteroatoms. The molecule has 0 saturated carbocycles. The minimum atomic E-state index is -0.0373. The summed E-state index contributed by atoms with van der Waals surface area (Å²) in [5, 5.41) is 2.77. The number of fused-ring (bicyclic) bond motifs is 1. The van der Waals surface area contributed by atoms with Crippen molar-refractivity contribution in [3.63, 3.8) is 0 Å². The van der Waals surface area contributed by atoms with Gasteiger partial charge in [-0.15, -0.1) is 0 Å². The minimum Gasteiger partial charge on any atom is -0.326 e. The van der Waals surface area contributed by atoms with Crippen LogP contribution >= 0.6 is 0 Å². The van der Waals surface area contributed by atoms with Gasteiger partial charge in [0.2, 0.25) is 5.91 Å². The zero-order valence-corrected chi connectivity index (χ0v) is 7.95. The Labute approximate surface area is 82.9 Å². The van der Waals surface area contributed by atoms with Gasteiger partial charge >= 0.3 is 0 Å². The second-order valence-electron chi connectivity index (χ2n) is 3.25.